The van der Waals surface area contributed by atoms with Crippen molar-refractivity contribution in [3.63, 3.8) is 0 Å². The molecule has 6 N–H and O–H groups in total. The second kappa shape index (κ2) is 5.34. The number of carboxylic acid groups (broad SMARTS) is 1. The zero-order valence-electron chi connectivity index (χ0n) is 10.3. The molecule has 18 heavy (non-hydrogen) atoms. The largest absolute Gasteiger partial charge is 0.480 e. The molecule has 0 aromatic heterocycles. The lowest BCUT2D eigenvalue weighted by atomic mass is 9.95. The van der Waals surface area contributed by atoms with Gasteiger partial charge in [-0.2, -0.15) is 0 Å². The number of carbonyl (C=O) groups is 3. The minimum atomic E-state index is -1.20. The topological polar surface area (TPSA) is 136 Å². The maximum absolute atomic E-state index is 11.9. The van der Waals surface area contributed by atoms with E-state index in [0.29, 0.717) is 0 Å². The lowest BCUT2D eigenvalue weighted by Gasteiger charge is -2.25. The van der Waals surface area contributed by atoms with Crippen molar-refractivity contribution in [2.75, 3.05) is 0 Å². The smallest absolute Gasteiger partial charge is 0.326 e. The monoisotopic (exact) mass is 257 g/mol. The van der Waals surface area contributed by atoms with Gasteiger partial charge in [0.2, 0.25) is 11.8 Å². The van der Waals surface area contributed by atoms with Crippen LogP contribution in [-0.4, -0.2) is 34.5 Å². The van der Waals surface area contributed by atoms with Gasteiger partial charge in [0, 0.05) is 6.42 Å². The highest BCUT2D eigenvalue weighted by Crippen LogP contribution is 2.38. The molecule has 2 amide bonds. The minimum Gasteiger partial charge on any atom is -0.480 e. The molecule has 1 saturated carbocycles. The maximum atomic E-state index is 11.9. The zero-order valence-corrected chi connectivity index (χ0v) is 10.3. The van der Waals surface area contributed by atoms with Crippen LogP contribution >= 0.6 is 0 Å². The lowest BCUT2D eigenvalue weighted by molar-refractivity contribution is -0.143. The van der Waals surface area contributed by atoms with Crippen LogP contribution < -0.4 is 16.8 Å². The standard InChI is InChI=1S/C11H19N3O4/c1-11(13,6-2-3-6)10(18)14-7(9(16)17)4-5-8(12)15/h6-7H,2-5,13H2,1H3,(H2,12,15)(H,14,18)(H,16,17)/t7-,11?/m1/s1. The van der Waals surface area contributed by atoms with Crippen LogP contribution in [0.5, 0.6) is 0 Å². The molecule has 1 aliphatic carbocycles. The van der Waals surface area contributed by atoms with Gasteiger partial charge in [-0.15, -0.1) is 0 Å². The van der Waals surface area contributed by atoms with Gasteiger partial charge in [0.05, 0.1) is 5.54 Å². The van der Waals surface area contributed by atoms with Crippen LogP contribution in [0.1, 0.15) is 32.6 Å². The Balaban J connectivity index is 2.57. The van der Waals surface area contributed by atoms with Gasteiger partial charge in [0.25, 0.3) is 0 Å². The first-order valence-corrected chi connectivity index (χ1v) is 5.86. The average Bonchev–Trinajstić information content (AvgIpc) is 3.06. The van der Waals surface area contributed by atoms with E-state index in [4.69, 9.17) is 16.6 Å². The Hall–Kier alpha value is -1.63. The summed E-state index contributed by atoms with van der Waals surface area (Å²) in [6, 6.07) is -1.13. The van der Waals surface area contributed by atoms with Crippen LogP contribution in [0.3, 0.4) is 0 Å². The average molecular weight is 257 g/mol. The molecule has 1 fully saturated rings. The lowest BCUT2D eigenvalue weighted by Crippen LogP contribution is -2.57. The number of rotatable bonds is 7. The molecule has 0 aromatic rings. The number of aliphatic carboxylic acids is 1. The number of carboxylic acids is 1. The molecule has 2 atom stereocenters. The fraction of sp³-hybridized carbons (Fsp3) is 0.727. The molecule has 0 aliphatic heterocycles. The van der Waals surface area contributed by atoms with Gasteiger partial charge in [-0.25, -0.2) is 4.79 Å². The SMILES string of the molecule is CC(N)(C(=O)N[C@H](CCC(N)=O)C(=O)O)C1CC1. The maximum Gasteiger partial charge on any atom is 0.326 e. The summed E-state index contributed by atoms with van der Waals surface area (Å²) in [5.41, 5.74) is 9.76. The third kappa shape index (κ3) is 3.69. The summed E-state index contributed by atoms with van der Waals surface area (Å²) >= 11 is 0. The Morgan fingerprint density at radius 1 is 1.44 bits per heavy atom. The molecule has 0 radical (unpaired) electrons. The van der Waals surface area contributed by atoms with Crippen molar-refractivity contribution in [2.24, 2.45) is 17.4 Å². The molecule has 0 spiro atoms. The van der Waals surface area contributed by atoms with Gasteiger partial charge in [-0.1, -0.05) is 0 Å². The van der Waals surface area contributed by atoms with Crippen molar-refractivity contribution in [3.05, 3.63) is 0 Å². The molecule has 7 nitrogen and oxygen atoms in total. The van der Waals surface area contributed by atoms with E-state index in [2.05, 4.69) is 5.32 Å². The van der Waals surface area contributed by atoms with E-state index in [9.17, 15) is 14.4 Å². The predicted molar refractivity (Wildman–Crippen MR) is 63.3 cm³/mol. The molecule has 1 unspecified atom stereocenters. The summed E-state index contributed by atoms with van der Waals surface area (Å²) in [5, 5.41) is 11.3. The highest BCUT2D eigenvalue weighted by atomic mass is 16.4. The molecule has 0 heterocycles. The Morgan fingerprint density at radius 3 is 2.39 bits per heavy atom. The van der Waals surface area contributed by atoms with E-state index in [-0.39, 0.29) is 18.8 Å². The molecular weight excluding hydrogens is 238 g/mol. The van der Waals surface area contributed by atoms with Gasteiger partial charge in [-0.05, 0) is 32.1 Å². The van der Waals surface area contributed by atoms with Gasteiger partial charge in [0.1, 0.15) is 6.04 Å². The molecule has 0 saturated heterocycles. The summed E-state index contributed by atoms with van der Waals surface area (Å²) < 4.78 is 0. The predicted octanol–water partition coefficient (Wildman–Crippen LogP) is -1.05. The number of primary amides is 1. The van der Waals surface area contributed by atoms with Crippen molar-refractivity contribution < 1.29 is 19.5 Å². The van der Waals surface area contributed by atoms with E-state index >= 15 is 0 Å². The molecule has 1 rings (SSSR count). The van der Waals surface area contributed by atoms with Crippen molar-refractivity contribution in [1.29, 1.82) is 0 Å². The highest BCUT2D eigenvalue weighted by Gasteiger charge is 2.44. The fourth-order valence-corrected chi connectivity index (χ4v) is 1.73. The second-order valence-corrected chi connectivity index (χ2v) is 4.93. The second-order valence-electron chi connectivity index (χ2n) is 4.93. The Morgan fingerprint density at radius 2 is 2.00 bits per heavy atom. The number of hydrogen-bond acceptors (Lipinski definition) is 4. The van der Waals surface area contributed by atoms with Crippen molar-refractivity contribution >= 4 is 17.8 Å². The fourth-order valence-electron chi connectivity index (χ4n) is 1.73. The van der Waals surface area contributed by atoms with Crippen molar-refractivity contribution in [3.8, 4) is 0 Å². The third-order valence-electron chi connectivity index (χ3n) is 3.20. The van der Waals surface area contributed by atoms with Crippen LogP contribution in [0.15, 0.2) is 0 Å². The molecular formula is C11H19N3O4. The van der Waals surface area contributed by atoms with Gasteiger partial charge < -0.3 is 21.9 Å². The quantitative estimate of drug-likeness (QED) is 0.461. The Kier molecular flexibility index (Phi) is 4.28. The van der Waals surface area contributed by atoms with Crippen LogP contribution in [0, 0.1) is 5.92 Å². The van der Waals surface area contributed by atoms with Gasteiger partial charge in [-0.3, -0.25) is 9.59 Å². The third-order valence-corrected chi connectivity index (χ3v) is 3.20. The summed E-state index contributed by atoms with van der Waals surface area (Å²) in [6.07, 6.45) is 1.62. The van der Waals surface area contributed by atoms with E-state index < -0.39 is 29.4 Å². The Labute approximate surface area is 105 Å². The number of nitrogens with two attached hydrogens (primary N) is 2. The molecule has 1 aliphatic rings. The first-order valence-electron chi connectivity index (χ1n) is 5.86. The van der Waals surface area contributed by atoms with Crippen LogP contribution in [0.4, 0.5) is 0 Å². The van der Waals surface area contributed by atoms with E-state index in [1.807, 2.05) is 0 Å². The summed E-state index contributed by atoms with van der Waals surface area (Å²) in [7, 11) is 0. The van der Waals surface area contributed by atoms with Crippen LogP contribution in [0.25, 0.3) is 0 Å². The van der Waals surface area contributed by atoms with Crippen molar-refractivity contribution in [1.82, 2.24) is 5.32 Å². The van der Waals surface area contributed by atoms with Crippen molar-refractivity contribution in [2.45, 2.75) is 44.2 Å². The first-order chi connectivity index (χ1) is 8.25. The molecule has 0 bridgehead atoms. The summed E-state index contributed by atoms with van der Waals surface area (Å²) in [6.45, 7) is 1.59. The van der Waals surface area contributed by atoms with Crippen LogP contribution in [-0.2, 0) is 14.4 Å². The van der Waals surface area contributed by atoms with Crippen LogP contribution in [0.2, 0.25) is 0 Å². The molecule has 102 valence electrons. The van der Waals surface area contributed by atoms with Gasteiger partial charge in [0.15, 0.2) is 0 Å². The summed E-state index contributed by atoms with van der Waals surface area (Å²) in [5.74, 6) is -2.20. The number of carbonyl (C=O) groups excluding carboxylic acids is 2. The number of amides is 2. The minimum absolute atomic E-state index is 0.0306. The normalized spacial score (nSPS) is 19.7. The number of nitrogens with one attached hydrogen (secondary N) is 1. The van der Waals surface area contributed by atoms with E-state index in [1.165, 1.54) is 0 Å². The number of hydrogen-bond donors (Lipinski definition) is 4. The van der Waals surface area contributed by atoms with Gasteiger partial charge >= 0.3 is 5.97 Å². The Bertz CT molecular complexity index is 363. The van der Waals surface area contributed by atoms with E-state index in [0.717, 1.165) is 12.8 Å². The zero-order chi connectivity index (χ0) is 13.9. The first kappa shape index (κ1) is 14.4. The summed E-state index contributed by atoms with van der Waals surface area (Å²) in [4.78, 5) is 33.5. The molecule has 7 heteroatoms. The highest BCUT2D eigenvalue weighted by molar-refractivity contribution is 5.90. The molecule has 0 aromatic carbocycles. The van der Waals surface area contributed by atoms with E-state index in [1.54, 1.807) is 6.92 Å².